The van der Waals surface area contributed by atoms with Crippen molar-refractivity contribution in [2.24, 2.45) is 0 Å². The quantitative estimate of drug-likeness (QED) is 0.596. The second kappa shape index (κ2) is 6.43. The third-order valence-electron chi connectivity index (χ3n) is 3.52. The number of carbonyl (C=O) groups is 1. The molecule has 0 saturated carbocycles. The highest BCUT2D eigenvalue weighted by atomic mass is 16.1. The third-order valence-corrected chi connectivity index (χ3v) is 3.52. The monoisotopic (exact) mass is 255 g/mol. The van der Waals surface area contributed by atoms with Gasteiger partial charge in [-0.3, -0.25) is 4.79 Å². The lowest BCUT2D eigenvalue weighted by Gasteiger charge is -2.21. The fourth-order valence-electron chi connectivity index (χ4n) is 2.23. The average molecular weight is 255 g/mol. The second-order valence-corrected chi connectivity index (χ2v) is 5.39. The van der Waals surface area contributed by atoms with E-state index in [4.69, 9.17) is 0 Å². The summed E-state index contributed by atoms with van der Waals surface area (Å²) in [5, 5.41) is 0. The van der Waals surface area contributed by atoms with Gasteiger partial charge in [0.15, 0.2) is 0 Å². The van der Waals surface area contributed by atoms with Crippen LogP contribution >= 0.6 is 0 Å². The molecule has 0 atom stereocenters. The van der Waals surface area contributed by atoms with E-state index in [0.717, 1.165) is 13.1 Å². The lowest BCUT2D eigenvalue weighted by Crippen LogP contribution is -2.24. The fraction of sp³-hybridized carbons (Fsp3) is 0.471. The van der Waals surface area contributed by atoms with Gasteiger partial charge in [-0.2, -0.15) is 0 Å². The molecule has 0 aromatic heterocycles. The summed E-state index contributed by atoms with van der Waals surface area (Å²) in [6.07, 6.45) is 3.65. The summed E-state index contributed by atoms with van der Waals surface area (Å²) in [4.78, 5) is 14.0. The van der Waals surface area contributed by atoms with Crippen LogP contribution in [0.15, 0.2) is 24.3 Å². The van der Waals surface area contributed by atoms with E-state index < -0.39 is 0 Å². The van der Waals surface area contributed by atoms with Gasteiger partial charge in [-0.1, -0.05) is 38.1 Å². The van der Waals surface area contributed by atoms with Crippen molar-refractivity contribution in [2.75, 3.05) is 13.1 Å². The van der Waals surface area contributed by atoms with Crippen molar-refractivity contribution in [1.82, 2.24) is 4.90 Å². The highest BCUT2D eigenvalue weighted by Gasteiger charge is 2.07. The second-order valence-electron chi connectivity index (χ2n) is 5.39. The van der Waals surface area contributed by atoms with Crippen LogP contribution in [0.1, 0.15) is 54.9 Å². The number of hydrogen-bond acceptors (Lipinski definition) is 2. The number of hydrogen-bond donors (Lipinski definition) is 0. The van der Waals surface area contributed by atoms with Gasteiger partial charge in [0.25, 0.3) is 0 Å². The molecule has 19 heavy (non-hydrogen) atoms. The first-order chi connectivity index (χ1) is 9.16. The maximum Gasteiger partial charge on any atom is 0.237 e. The number of carbonyl (C=O) groups excluding carboxylic acids is 1. The summed E-state index contributed by atoms with van der Waals surface area (Å²) < 4.78 is 0. The number of Topliss-reactive ketones (excluding diaryl/α,β-unsaturated/α-hetero) is 1. The molecule has 1 aromatic rings. The molecule has 0 spiro atoms. The smallest absolute Gasteiger partial charge is 0.237 e. The fourth-order valence-corrected chi connectivity index (χ4v) is 2.23. The SMILES string of the molecule is CC(C)c1ccc(C(=O)C#CN2CCCCC2)cc1. The maximum atomic E-state index is 12.0. The molecule has 1 fully saturated rings. The zero-order chi connectivity index (χ0) is 13.7. The summed E-state index contributed by atoms with van der Waals surface area (Å²) in [5.74, 6) is 3.16. The standard InChI is InChI=1S/C17H21NO/c1-14(2)15-6-8-16(9-7-15)17(19)10-13-18-11-4-3-5-12-18/h6-9,14H,3-5,11-12H2,1-2H3. The van der Waals surface area contributed by atoms with Gasteiger partial charge in [0.1, 0.15) is 0 Å². The van der Waals surface area contributed by atoms with Gasteiger partial charge in [-0.25, -0.2) is 0 Å². The zero-order valence-electron chi connectivity index (χ0n) is 11.8. The average Bonchev–Trinajstić information content (AvgIpc) is 2.46. The molecule has 0 N–H and O–H groups in total. The first-order valence-corrected chi connectivity index (χ1v) is 7.07. The van der Waals surface area contributed by atoms with Gasteiger partial charge < -0.3 is 4.90 Å². The molecule has 0 radical (unpaired) electrons. The van der Waals surface area contributed by atoms with E-state index in [-0.39, 0.29) is 5.78 Å². The maximum absolute atomic E-state index is 12.0. The van der Waals surface area contributed by atoms with Gasteiger partial charge in [0.05, 0.1) is 0 Å². The van der Waals surface area contributed by atoms with Crippen molar-refractivity contribution in [2.45, 2.75) is 39.0 Å². The molecule has 1 heterocycles. The minimum atomic E-state index is -0.0825. The number of piperidine rings is 1. The van der Waals surface area contributed by atoms with Gasteiger partial charge in [-0.05, 0) is 36.7 Å². The highest BCUT2D eigenvalue weighted by Crippen LogP contribution is 2.14. The van der Waals surface area contributed by atoms with Crippen LogP contribution in [0, 0.1) is 12.0 Å². The molecule has 100 valence electrons. The molecular weight excluding hydrogens is 234 g/mol. The van der Waals surface area contributed by atoms with E-state index in [1.165, 1.54) is 24.8 Å². The van der Waals surface area contributed by atoms with Crippen LogP contribution in [0.5, 0.6) is 0 Å². The van der Waals surface area contributed by atoms with Crippen LogP contribution in [-0.4, -0.2) is 23.8 Å². The van der Waals surface area contributed by atoms with Crippen LogP contribution in [0.25, 0.3) is 0 Å². The lowest BCUT2D eigenvalue weighted by atomic mass is 10.0. The number of nitrogens with zero attached hydrogens (tertiary/aromatic N) is 1. The Hall–Kier alpha value is -1.75. The predicted molar refractivity (Wildman–Crippen MR) is 78.1 cm³/mol. The van der Waals surface area contributed by atoms with Crippen LogP contribution in [0.4, 0.5) is 0 Å². The van der Waals surface area contributed by atoms with Gasteiger partial charge in [0.2, 0.25) is 5.78 Å². The van der Waals surface area contributed by atoms with Gasteiger partial charge in [0, 0.05) is 24.7 Å². The number of ketones is 1. The molecular formula is C17H21NO. The first kappa shape index (κ1) is 13.7. The Morgan fingerprint density at radius 2 is 1.74 bits per heavy atom. The molecule has 1 aliphatic rings. The normalized spacial score (nSPS) is 15.0. The van der Waals surface area contributed by atoms with E-state index in [1.54, 1.807) is 0 Å². The Bertz CT molecular complexity index is 484. The van der Waals surface area contributed by atoms with Gasteiger partial charge >= 0.3 is 0 Å². The largest absolute Gasteiger partial charge is 0.332 e. The number of rotatable bonds is 2. The Morgan fingerprint density at radius 3 is 2.32 bits per heavy atom. The van der Waals surface area contributed by atoms with Crippen LogP contribution < -0.4 is 0 Å². The van der Waals surface area contributed by atoms with Crippen molar-refractivity contribution in [1.29, 1.82) is 0 Å². The molecule has 1 aliphatic heterocycles. The summed E-state index contributed by atoms with van der Waals surface area (Å²) in [5.41, 5.74) is 1.94. The Labute approximate surface area is 115 Å². The summed E-state index contributed by atoms with van der Waals surface area (Å²) in [7, 11) is 0. The van der Waals surface area contributed by atoms with Crippen LogP contribution in [0.3, 0.4) is 0 Å². The zero-order valence-corrected chi connectivity index (χ0v) is 11.8. The van der Waals surface area contributed by atoms with Crippen molar-refractivity contribution in [3.8, 4) is 12.0 Å². The summed E-state index contributed by atoms with van der Waals surface area (Å²) in [6.45, 7) is 6.28. The van der Waals surface area contributed by atoms with Gasteiger partial charge in [-0.15, -0.1) is 0 Å². The van der Waals surface area contributed by atoms with Crippen LogP contribution in [-0.2, 0) is 0 Å². The topological polar surface area (TPSA) is 20.3 Å². The lowest BCUT2D eigenvalue weighted by molar-refractivity contribution is 0.105. The van der Waals surface area contributed by atoms with E-state index in [2.05, 4.69) is 30.7 Å². The molecule has 0 unspecified atom stereocenters. The molecule has 2 heteroatoms. The molecule has 0 amide bonds. The number of likely N-dealkylation sites (tertiary alicyclic amines) is 1. The Kier molecular flexibility index (Phi) is 4.63. The Morgan fingerprint density at radius 1 is 1.11 bits per heavy atom. The molecule has 1 aromatic carbocycles. The Balaban J connectivity index is 2.01. The molecule has 1 saturated heterocycles. The predicted octanol–water partition coefficient (Wildman–Crippen LogP) is 3.44. The molecule has 2 rings (SSSR count). The van der Waals surface area contributed by atoms with Crippen molar-refractivity contribution >= 4 is 5.78 Å². The van der Waals surface area contributed by atoms with E-state index in [1.807, 2.05) is 24.3 Å². The van der Waals surface area contributed by atoms with Crippen molar-refractivity contribution in [3.63, 3.8) is 0 Å². The summed E-state index contributed by atoms with van der Waals surface area (Å²) >= 11 is 0. The van der Waals surface area contributed by atoms with E-state index in [0.29, 0.717) is 11.5 Å². The van der Waals surface area contributed by atoms with Crippen molar-refractivity contribution in [3.05, 3.63) is 35.4 Å². The third kappa shape index (κ3) is 3.86. The molecule has 2 nitrogen and oxygen atoms in total. The highest BCUT2D eigenvalue weighted by molar-refractivity contribution is 6.08. The van der Waals surface area contributed by atoms with Crippen molar-refractivity contribution < 1.29 is 4.79 Å². The number of benzene rings is 1. The minimum absolute atomic E-state index is 0.0825. The van der Waals surface area contributed by atoms with Crippen LogP contribution in [0.2, 0.25) is 0 Å². The summed E-state index contributed by atoms with van der Waals surface area (Å²) in [6, 6.07) is 10.8. The van der Waals surface area contributed by atoms with E-state index >= 15 is 0 Å². The van der Waals surface area contributed by atoms with E-state index in [9.17, 15) is 4.79 Å². The first-order valence-electron chi connectivity index (χ1n) is 7.07. The minimum Gasteiger partial charge on any atom is -0.332 e. The molecule has 0 bridgehead atoms. The molecule has 0 aliphatic carbocycles.